The van der Waals surface area contributed by atoms with Crippen LogP contribution in [0, 0.1) is 0 Å². The first-order valence-electron chi connectivity index (χ1n) is 8.91. The summed E-state index contributed by atoms with van der Waals surface area (Å²) in [6, 6.07) is 5.42. The molecule has 7 heteroatoms. The molecule has 0 saturated carbocycles. The Morgan fingerprint density at radius 3 is 2.76 bits per heavy atom. The average Bonchev–Trinajstić information content (AvgIpc) is 2.61. The van der Waals surface area contributed by atoms with Gasteiger partial charge in [-0.2, -0.15) is 0 Å². The Balaban J connectivity index is 2.07. The molecule has 1 aromatic carbocycles. The number of methoxy groups -OCH3 is 1. The lowest BCUT2D eigenvalue weighted by atomic mass is 10.0. The van der Waals surface area contributed by atoms with Crippen LogP contribution in [0.15, 0.2) is 23.1 Å². The Labute approximate surface area is 151 Å². The number of rotatable bonds is 8. The molecule has 1 fully saturated rings. The first kappa shape index (κ1) is 20.2. The Hall–Kier alpha value is -1.15. The van der Waals surface area contributed by atoms with Crippen molar-refractivity contribution in [2.24, 2.45) is 0 Å². The van der Waals surface area contributed by atoms with Gasteiger partial charge in [0.2, 0.25) is 10.0 Å². The summed E-state index contributed by atoms with van der Waals surface area (Å²) in [5, 5.41) is 9.45. The molecule has 25 heavy (non-hydrogen) atoms. The number of hydrogen-bond donors (Lipinski definition) is 2. The third kappa shape index (κ3) is 5.17. The second kappa shape index (κ2) is 8.98. The molecule has 1 atom stereocenters. The highest BCUT2D eigenvalue weighted by molar-refractivity contribution is 7.89. The first-order valence-corrected chi connectivity index (χ1v) is 10.4. The molecule has 2 N–H and O–H groups in total. The van der Waals surface area contributed by atoms with Gasteiger partial charge in [0.25, 0.3) is 0 Å². The molecule has 6 nitrogen and oxygen atoms in total. The standard InChI is InChI=1S/C18H30N2O4S/c1-14(2)15-7-8-17(24-3)18(12-15)25(22,23)19-9-11-20-10-5-4-6-16(20)13-21/h7-8,12,14,16,19,21H,4-6,9-11,13H2,1-3H3/t16-/m0/s1. The first-order chi connectivity index (χ1) is 11.9. The molecule has 1 aliphatic rings. The number of ether oxygens (including phenoxy) is 1. The van der Waals surface area contributed by atoms with Crippen LogP contribution in [0.5, 0.6) is 5.75 Å². The van der Waals surface area contributed by atoms with E-state index in [1.54, 1.807) is 12.1 Å². The number of nitrogens with zero attached hydrogens (tertiary/aromatic N) is 1. The van der Waals surface area contributed by atoms with Gasteiger partial charge in [-0.05, 0) is 43.0 Å². The third-order valence-electron chi connectivity index (χ3n) is 4.79. The van der Waals surface area contributed by atoms with Crippen LogP contribution >= 0.6 is 0 Å². The lowest BCUT2D eigenvalue weighted by Crippen LogP contribution is -2.45. The van der Waals surface area contributed by atoms with E-state index in [0.717, 1.165) is 31.4 Å². The molecule has 1 heterocycles. The van der Waals surface area contributed by atoms with E-state index in [2.05, 4.69) is 9.62 Å². The minimum Gasteiger partial charge on any atom is -0.495 e. The topological polar surface area (TPSA) is 78.9 Å². The van der Waals surface area contributed by atoms with Crippen molar-refractivity contribution >= 4 is 10.0 Å². The van der Waals surface area contributed by atoms with Gasteiger partial charge in [0.05, 0.1) is 13.7 Å². The summed E-state index contributed by atoms with van der Waals surface area (Å²) in [5.74, 6) is 0.585. The van der Waals surface area contributed by atoms with Gasteiger partial charge in [0, 0.05) is 19.1 Å². The molecule has 1 saturated heterocycles. The highest BCUT2D eigenvalue weighted by Crippen LogP contribution is 2.27. The second-order valence-electron chi connectivity index (χ2n) is 6.83. The molecule has 0 unspecified atom stereocenters. The molecule has 0 aliphatic carbocycles. The van der Waals surface area contributed by atoms with E-state index in [1.807, 2.05) is 19.9 Å². The minimum atomic E-state index is -3.65. The molecular formula is C18H30N2O4S. The lowest BCUT2D eigenvalue weighted by Gasteiger charge is -2.34. The quantitative estimate of drug-likeness (QED) is 0.731. The zero-order valence-electron chi connectivity index (χ0n) is 15.4. The Bertz CT molecular complexity index is 661. The van der Waals surface area contributed by atoms with Crippen molar-refractivity contribution in [3.05, 3.63) is 23.8 Å². The average molecular weight is 371 g/mol. The Morgan fingerprint density at radius 2 is 2.12 bits per heavy atom. The van der Waals surface area contributed by atoms with Gasteiger partial charge in [0.1, 0.15) is 10.6 Å². The maximum Gasteiger partial charge on any atom is 0.244 e. The normalized spacial score (nSPS) is 19.3. The number of nitrogens with one attached hydrogen (secondary N) is 1. The fourth-order valence-corrected chi connectivity index (χ4v) is 4.45. The fraction of sp³-hybridized carbons (Fsp3) is 0.667. The number of aliphatic hydroxyl groups is 1. The van der Waals surface area contributed by atoms with E-state index in [4.69, 9.17) is 4.74 Å². The number of benzene rings is 1. The van der Waals surface area contributed by atoms with Gasteiger partial charge >= 0.3 is 0 Å². The van der Waals surface area contributed by atoms with Crippen LogP contribution < -0.4 is 9.46 Å². The zero-order chi connectivity index (χ0) is 18.4. The summed E-state index contributed by atoms with van der Waals surface area (Å²) in [5.41, 5.74) is 0.956. The van der Waals surface area contributed by atoms with E-state index in [9.17, 15) is 13.5 Å². The van der Waals surface area contributed by atoms with Crippen molar-refractivity contribution in [3.63, 3.8) is 0 Å². The number of hydrogen-bond acceptors (Lipinski definition) is 5. The highest BCUT2D eigenvalue weighted by atomic mass is 32.2. The zero-order valence-corrected chi connectivity index (χ0v) is 16.2. The largest absolute Gasteiger partial charge is 0.495 e. The maximum atomic E-state index is 12.7. The van der Waals surface area contributed by atoms with E-state index in [0.29, 0.717) is 18.8 Å². The van der Waals surface area contributed by atoms with E-state index >= 15 is 0 Å². The predicted octanol–water partition coefficient (Wildman–Crippen LogP) is 1.94. The molecule has 0 radical (unpaired) electrons. The number of sulfonamides is 1. The van der Waals surface area contributed by atoms with Gasteiger partial charge in [0.15, 0.2) is 0 Å². The Kier molecular flexibility index (Phi) is 7.25. The monoisotopic (exact) mass is 370 g/mol. The lowest BCUT2D eigenvalue weighted by molar-refractivity contribution is 0.0923. The van der Waals surface area contributed by atoms with Crippen molar-refractivity contribution in [2.75, 3.05) is 33.4 Å². The van der Waals surface area contributed by atoms with E-state index < -0.39 is 10.0 Å². The number of aliphatic hydroxyl groups excluding tert-OH is 1. The highest BCUT2D eigenvalue weighted by Gasteiger charge is 2.24. The van der Waals surface area contributed by atoms with Crippen LogP contribution in [-0.2, 0) is 10.0 Å². The van der Waals surface area contributed by atoms with Crippen LogP contribution in [0.3, 0.4) is 0 Å². The number of piperidine rings is 1. The van der Waals surface area contributed by atoms with Crippen molar-refractivity contribution in [1.29, 1.82) is 0 Å². The summed E-state index contributed by atoms with van der Waals surface area (Å²) in [6.45, 7) is 5.98. The molecule has 0 amide bonds. The second-order valence-corrected chi connectivity index (χ2v) is 8.57. The van der Waals surface area contributed by atoms with Crippen LogP contribution in [0.2, 0.25) is 0 Å². The van der Waals surface area contributed by atoms with E-state index in [1.165, 1.54) is 7.11 Å². The Morgan fingerprint density at radius 1 is 1.36 bits per heavy atom. The summed E-state index contributed by atoms with van der Waals surface area (Å²) >= 11 is 0. The number of likely N-dealkylation sites (tertiary alicyclic amines) is 1. The van der Waals surface area contributed by atoms with Gasteiger partial charge < -0.3 is 9.84 Å². The summed E-state index contributed by atoms with van der Waals surface area (Å²) in [6.07, 6.45) is 3.17. The molecule has 2 rings (SSSR count). The molecule has 1 aromatic rings. The van der Waals surface area contributed by atoms with Gasteiger partial charge in [-0.3, -0.25) is 4.90 Å². The van der Waals surface area contributed by atoms with Crippen LogP contribution in [0.4, 0.5) is 0 Å². The fourth-order valence-electron chi connectivity index (χ4n) is 3.22. The van der Waals surface area contributed by atoms with Gasteiger partial charge in [-0.15, -0.1) is 0 Å². The van der Waals surface area contributed by atoms with Crippen molar-refractivity contribution in [2.45, 2.75) is 50.0 Å². The van der Waals surface area contributed by atoms with Crippen LogP contribution in [0.25, 0.3) is 0 Å². The van der Waals surface area contributed by atoms with Crippen LogP contribution in [-0.4, -0.2) is 57.8 Å². The molecular weight excluding hydrogens is 340 g/mol. The van der Waals surface area contributed by atoms with Gasteiger partial charge in [-0.25, -0.2) is 13.1 Å². The van der Waals surface area contributed by atoms with Crippen LogP contribution in [0.1, 0.15) is 44.6 Å². The van der Waals surface area contributed by atoms with Crippen molar-refractivity contribution in [3.8, 4) is 5.75 Å². The molecule has 142 valence electrons. The summed E-state index contributed by atoms with van der Waals surface area (Å²) in [7, 11) is -2.17. The predicted molar refractivity (Wildman–Crippen MR) is 98.6 cm³/mol. The third-order valence-corrected chi connectivity index (χ3v) is 6.28. The van der Waals surface area contributed by atoms with Crippen molar-refractivity contribution < 1.29 is 18.3 Å². The summed E-state index contributed by atoms with van der Waals surface area (Å²) < 4.78 is 33.4. The summed E-state index contributed by atoms with van der Waals surface area (Å²) in [4.78, 5) is 2.34. The maximum absolute atomic E-state index is 12.7. The molecule has 0 aromatic heterocycles. The van der Waals surface area contributed by atoms with Crippen molar-refractivity contribution in [1.82, 2.24) is 9.62 Å². The SMILES string of the molecule is COc1ccc(C(C)C)cc1S(=O)(=O)NCCN1CCCC[C@H]1CO. The molecule has 0 bridgehead atoms. The molecule has 0 spiro atoms. The smallest absolute Gasteiger partial charge is 0.244 e. The minimum absolute atomic E-state index is 0.122. The molecule has 1 aliphatic heterocycles. The van der Waals surface area contributed by atoms with Gasteiger partial charge in [-0.1, -0.05) is 26.3 Å². The van der Waals surface area contributed by atoms with E-state index in [-0.39, 0.29) is 23.5 Å².